The molecule has 0 aromatic rings. The Hall–Kier alpha value is -1.16. The number of carboxylic acids is 1. The smallest absolute Gasteiger partial charge is 0.310 e. The molecule has 190 valence electrons. The number of carboxylic acid groups (broad SMARTS) is 1. The Labute approximate surface area is 206 Å². The lowest BCUT2D eigenvalue weighted by molar-refractivity contribution is -0.220. The third-order valence-corrected chi connectivity index (χ3v) is 12.7. The van der Waals surface area contributed by atoms with E-state index >= 15 is 0 Å². The summed E-state index contributed by atoms with van der Waals surface area (Å²) in [4.78, 5) is 25.7. The van der Waals surface area contributed by atoms with Crippen molar-refractivity contribution in [2.45, 2.75) is 112 Å². The van der Waals surface area contributed by atoms with Gasteiger partial charge in [0.05, 0.1) is 11.5 Å². The van der Waals surface area contributed by atoms with Gasteiger partial charge in [-0.15, -0.1) is 0 Å². The third kappa shape index (κ3) is 2.81. The topological polar surface area (TPSA) is 74.6 Å². The van der Waals surface area contributed by atoms with Crippen LogP contribution in [-0.4, -0.2) is 28.1 Å². The van der Waals surface area contributed by atoms with Crippen molar-refractivity contribution in [3.05, 3.63) is 11.6 Å². The van der Waals surface area contributed by atoms with Gasteiger partial charge in [-0.3, -0.25) is 9.59 Å². The maximum absolute atomic E-state index is 12.9. The molecule has 4 saturated carbocycles. The van der Waals surface area contributed by atoms with Crippen molar-refractivity contribution in [1.82, 2.24) is 0 Å². The zero-order valence-electron chi connectivity index (χ0n) is 22.5. The molecule has 0 spiro atoms. The summed E-state index contributed by atoms with van der Waals surface area (Å²) >= 11 is 0. The highest BCUT2D eigenvalue weighted by atomic mass is 16.4. The van der Waals surface area contributed by atoms with Crippen LogP contribution < -0.4 is 0 Å². The Morgan fingerprint density at radius 2 is 1.59 bits per heavy atom. The predicted octanol–water partition coefficient (Wildman–Crippen LogP) is 6.41. The highest BCUT2D eigenvalue weighted by molar-refractivity contribution is 5.85. The molecule has 5 aliphatic rings. The molecule has 0 radical (unpaired) electrons. The van der Waals surface area contributed by atoms with Gasteiger partial charge in [-0.2, -0.15) is 0 Å². The van der Waals surface area contributed by atoms with E-state index in [0.717, 1.165) is 44.9 Å². The largest absolute Gasteiger partial charge is 0.481 e. The van der Waals surface area contributed by atoms with Crippen LogP contribution in [0.2, 0.25) is 0 Å². The standard InChI is InChI=1S/C30H46O4/c1-25(2)12-14-30(24(33)34)15-13-28(6)18(19(30)16-25)8-9-21-27(5)11-10-22(32)26(3,4)23(27)20(31)17-29(21,28)7/h8,19-21,23,31H,9-17H2,1-7H3,(H,33,34)/t19-,20+,21+,23-,27+,28+,29+,30-/m0/s1. The molecule has 4 heteroatoms. The molecule has 0 heterocycles. The molecule has 0 aliphatic heterocycles. The lowest BCUT2D eigenvalue weighted by Crippen LogP contribution is -2.68. The molecule has 5 rings (SSSR count). The van der Waals surface area contributed by atoms with Crippen LogP contribution in [0, 0.1) is 50.2 Å². The fourth-order valence-electron chi connectivity index (χ4n) is 10.6. The Morgan fingerprint density at radius 1 is 0.941 bits per heavy atom. The summed E-state index contributed by atoms with van der Waals surface area (Å²) in [5, 5.41) is 22.2. The number of hydrogen-bond donors (Lipinski definition) is 2. The number of Topliss-reactive ketones (excluding diaryl/α,β-unsaturated/α-hetero) is 1. The maximum Gasteiger partial charge on any atom is 0.310 e. The van der Waals surface area contributed by atoms with Crippen molar-refractivity contribution in [2.24, 2.45) is 50.2 Å². The molecule has 4 fully saturated rings. The zero-order chi connectivity index (χ0) is 25.1. The molecule has 0 bridgehead atoms. The second-order valence-electron chi connectivity index (χ2n) is 15.0. The van der Waals surface area contributed by atoms with Crippen LogP contribution in [0.25, 0.3) is 0 Å². The number of hydrogen-bond acceptors (Lipinski definition) is 3. The number of carbonyl (C=O) groups is 2. The van der Waals surface area contributed by atoms with E-state index in [4.69, 9.17) is 0 Å². The van der Waals surface area contributed by atoms with Gasteiger partial charge in [-0.25, -0.2) is 0 Å². The van der Waals surface area contributed by atoms with Gasteiger partial charge in [0.2, 0.25) is 0 Å². The van der Waals surface area contributed by atoms with E-state index in [1.807, 2.05) is 0 Å². The second kappa shape index (κ2) is 6.99. The summed E-state index contributed by atoms with van der Waals surface area (Å²) in [6.45, 7) is 15.9. The van der Waals surface area contributed by atoms with E-state index in [1.54, 1.807) is 0 Å². The van der Waals surface area contributed by atoms with Crippen LogP contribution in [0.4, 0.5) is 0 Å². The molecule has 0 unspecified atom stereocenters. The molecule has 0 saturated heterocycles. The molecule has 34 heavy (non-hydrogen) atoms. The fraction of sp³-hybridized carbons (Fsp3) is 0.867. The van der Waals surface area contributed by atoms with Crippen molar-refractivity contribution in [1.29, 1.82) is 0 Å². The first-order valence-electron chi connectivity index (χ1n) is 13.7. The van der Waals surface area contributed by atoms with E-state index in [2.05, 4.69) is 54.5 Å². The third-order valence-electron chi connectivity index (χ3n) is 12.7. The number of allylic oxidation sites excluding steroid dienone is 2. The van der Waals surface area contributed by atoms with E-state index in [-0.39, 0.29) is 33.5 Å². The Balaban J connectivity index is 1.63. The van der Waals surface area contributed by atoms with Crippen molar-refractivity contribution >= 4 is 11.8 Å². The lowest BCUT2D eigenvalue weighted by Gasteiger charge is -2.71. The second-order valence-corrected chi connectivity index (χ2v) is 15.0. The molecule has 4 nitrogen and oxygen atoms in total. The first kappa shape index (κ1) is 24.5. The number of fused-ring (bicyclic) bond motifs is 7. The Kier molecular flexibility index (Phi) is 5.04. The molecule has 0 aromatic heterocycles. The lowest BCUT2D eigenvalue weighted by atomic mass is 9.33. The minimum Gasteiger partial charge on any atom is -0.481 e. The highest BCUT2D eigenvalue weighted by Crippen LogP contribution is 2.75. The monoisotopic (exact) mass is 470 g/mol. The van der Waals surface area contributed by atoms with Gasteiger partial charge >= 0.3 is 5.97 Å². The maximum atomic E-state index is 12.9. The fourth-order valence-corrected chi connectivity index (χ4v) is 10.6. The molecule has 0 amide bonds. The van der Waals surface area contributed by atoms with Crippen LogP contribution in [0.15, 0.2) is 11.6 Å². The quantitative estimate of drug-likeness (QED) is 0.434. The average Bonchev–Trinajstić information content (AvgIpc) is 2.70. The molecule has 2 N–H and O–H groups in total. The summed E-state index contributed by atoms with van der Waals surface area (Å²) in [7, 11) is 0. The molecule has 8 atom stereocenters. The number of aliphatic hydroxyl groups is 1. The van der Waals surface area contributed by atoms with Crippen LogP contribution in [0.5, 0.6) is 0 Å². The summed E-state index contributed by atoms with van der Waals surface area (Å²) < 4.78 is 0. The Bertz CT molecular complexity index is 961. The van der Waals surface area contributed by atoms with Crippen molar-refractivity contribution in [2.75, 3.05) is 0 Å². The van der Waals surface area contributed by atoms with Crippen LogP contribution in [0.3, 0.4) is 0 Å². The number of carbonyl (C=O) groups excluding carboxylic acids is 1. The van der Waals surface area contributed by atoms with Crippen molar-refractivity contribution in [3.63, 3.8) is 0 Å². The average molecular weight is 471 g/mol. The highest BCUT2D eigenvalue weighted by Gasteiger charge is 2.71. The number of aliphatic hydroxyl groups excluding tert-OH is 1. The number of aliphatic carboxylic acids is 1. The molecule has 0 aromatic carbocycles. The van der Waals surface area contributed by atoms with Gasteiger partial charge in [0.15, 0.2) is 0 Å². The minimum atomic E-state index is -0.636. The van der Waals surface area contributed by atoms with Crippen molar-refractivity contribution in [3.8, 4) is 0 Å². The summed E-state index contributed by atoms with van der Waals surface area (Å²) in [5.74, 6) is 0.143. The van der Waals surface area contributed by atoms with E-state index in [1.165, 1.54) is 5.57 Å². The molecule has 5 aliphatic carbocycles. The predicted molar refractivity (Wildman–Crippen MR) is 133 cm³/mol. The van der Waals surface area contributed by atoms with Crippen molar-refractivity contribution < 1.29 is 19.8 Å². The van der Waals surface area contributed by atoms with Gasteiger partial charge in [0.25, 0.3) is 0 Å². The van der Waals surface area contributed by atoms with Crippen LogP contribution >= 0.6 is 0 Å². The summed E-state index contributed by atoms with van der Waals surface area (Å²) in [6, 6.07) is 0. The normalized spacial score (nSPS) is 51.3. The van der Waals surface area contributed by atoms with Crippen LogP contribution in [-0.2, 0) is 9.59 Å². The number of ketones is 1. The van der Waals surface area contributed by atoms with Gasteiger partial charge in [-0.1, -0.05) is 60.1 Å². The molecular formula is C30H46O4. The first-order valence-corrected chi connectivity index (χ1v) is 13.7. The van der Waals surface area contributed by atoms with E-state index in [0.29, 0.717) is 24.5 Å². The molecular weight excluding hydrogens is 424 g/mol. The Morgan fingerprint density at radius 3 is 2.24 bits per heavy atom. The SMILES string of the molecule is CC1(C)CC[C@]2(C(=O)O)CC[C@]3(C)C(=CC[C@@H]4[C@@]5(C)CCC(=O)C(C)(C)[C@@H]5[C@H](O)C[C@]43C)[C@@H]2C1. The number of rotatable bonds is 1. The van der Waals surface area contributed by atoms with Gasteiger partial charge in [0.1, 0.15) is 5.78 Å². The zero-order valence-corrected chi connectivity index (χ0v) is 22.5. The van der Waals surface area contributed by atoms with E-state index in [9.17, 15) is 19.8 Å². The first-order chi connectivity index (χ1) is 15.6. The van der Waals surface area contributed by atoms with Gasteiger partial charge < -0.3 is 10.2 Å². The summed E-state index contributed by atoms with van der Waals surface area (Å²) in [5.41, 5.74) is 0.0744. The van der Waals surface area contributed by atoms with Gasteiger partial charge in [0, 0.05) is 17.8 Å². The minimum absolute atomic E-state index is 0.0202. The van der Waals surface area contributed by atoms with Gasteiger partial charge in [-0.05, 0) is 84.9 Å². The van der Waals surface area contributed by atoms with E-state index < -0.39 is 22.9 Å². The summed E-state index contributed by atoms with van der Waals surface area (Å²) in [6.07, 6.45) is 9.35. The van der Waals surface area contributed by atoms with Crippen LogP contribution in [0.1, 0.15) is 106 Å².